The third kappa shape index (κ3) is 5.28. The molecule has 2 N–H and O–H groups in total. The van der Waals surface area contributed by atoms with E-state index >= 15 is 0 Å². The minimum atomic E-state index is -2.58. The molecule has 9 nitrogen and oxygen atoms in total. The fraction of sp³-hybridized carbons (Fsp3) is 0.448. The van der Waals surface area contributed by atoms with Gasteiger partial charge in [0.25, 0.3) is 5.92 Å². The van der Waals surface area contributed by atoms with Crippen LogP contribution in [0.3, 0.4) is 0 Å². The van der Waals surface area contributed by atoms with Crippen molar-refractivity contribution in [3.05, 3.63) is 53.4 Å². The van der Waals surface area contributed by atoms with Gasteiger partial charge in [-0.05, 0) is 43.5 Å². The molecule has 41 heavy (non-hydrogen) atoms. The molecular weight excluding hydrogens is 550 g/mol. The van der Waals surface area contributed by atoms with Crippen molar-refractivity contribution in [3.63, 3.8) is 0 Å². The highest BCUT2D eigenvalue weighted by molar-refractivity contribution is 6.37. The van der Waals surface area contributed by atoms with Gasteiger partial charge in [0.1, 0.15) is 5.82 Å². The van der Waals surface area contributed by atoms with E-state index in [2.05, 4.69) is 37.2 Å². The Bertz CT molecular complexity index is 1610. The number of carbonyl (C=O) groups is 1. The van der Waals surface area contributed by atoms with E-state index in [9.17, 15) is 13.6 Å². The molecule has 3 fully saturated rings. The van der Waals surface area contributed by atoms with Crippen LogP contribution in [0, 0.1) is 11.8 Å². The van der Waals surface area contributed by atoms with E-state index in [1.807, 2.05) is 29.2 Å². The van der Waals surface area contributed by atoms with Gasteiger partial charge in [0.2, 0.25) is 11.9 Å². The number of benzene rings is 1. The second-order valence-corrected chi connectivity index (χ2v) is 11.8. The molecule has 4 aromatic rings. The van der Waals surface area contributed by atoms with Gasteiger partial charge in [-0.1, -0.05) is 17.7 Å². The number of halogens is 3. The van der Waals surface area contributed by atoms with Crippen molar-refractivity contribution in [2.75, 3.05) is 31.5 Å². The topological polar surface area (TPSA) is 95.0 Å². The lowest BCUT2D eigenvalue weighted by Crippen LogP contribution is -2.49. The zero-order valence-electron chi connectivity index (χ0n) is 22.7. The summed E-state index contributed by atoms with van der Waals surface area (Å²) in [6.07, 6.45) is 7.17. The number of aromatic nitrogens is 5. The Morgan fingerprint density at radius 1 is 1.22 bits per heavy atom. The molecular formula is C29H31ClF2N8O. The normalized spacial score (nSPS) is 21.3. The van der Waals surface area contributed by atoms with Crippen molar-refractivity contribution in [1.29, 1.82) is 0 Å². The molecule has 0 bridgehead atoms. The van der Waals surface area contributed by atoms with E-state index in [4.69, 9.17) is 11.6 Å². The first kappa shape index (κ1) is 26.3. The van der Waals surface area contributed by atoms with Gasteiger partial charge >= 0.3 is 0 Å². The number of piperazine rings is 1. The van der Waals surface area contributed by atoms with Gasteiger partial charge < -0.3 is 15.2 Å². The third-order valence-corrected chi connectivity index (χ3v) is 8.91. The molecule has 2 aliphatic carbocycles. The molecule has 2 saturated carbocycles. The molecule has 1 aliphatic heterocycles. The van der Waals surface area contributed by atoms with Crippen molar-refractivity contribution in [1.82, 2.24) is 34.5 Å². The average molecular weight is 581 g/mol. The molecule has 1 amide bonds. The van der Waals surface area contributed by atoms with Crippen LogP contribution in [0.5, 0.6) is 0 Å². The summed E-state index contributed by atoms with van der Waals surface area (Å²) in [6, 6.07) is 7.94. The minimum Gasteiger partial charge on any atom is -0.340 e. The Morgan fingerprint density at radius 3 is 2.73 bits per heavy atom. The van der Waals surface area contributed by atoms with E-state index in [1.54, 1.807) is 23.3 Å². The van der Waals surface area contributed by atoms with Crippen molar-refractivity contribution in [2.45, 2.75) is 44.7 Å². The summed E-state index contributed by atoms with van der Waals surface area (Å²) < 4.78 is 28.2. The van der Waals surface area contributed by atoms with Crippen LogP contribution in [0.15, 0.2) is 42.9 Å². The highest BCUT2D eigenvalue weighted by Gasteiger charge is 2.56. The summed E-state index contributed by atoms with van der Waals surface area (Å²) in [6.45, 7) is 5.61. The van der Waals surface area contributed by atoms with Crippen molar-refractivity contribution in [2.24, 2.45) is 11.8 Å². The number of H-pyrrole nitrogens is 1. The lowest BCUT2D eigenvalue weighted by Gasteiger charge is -2.38. The minimum absolute atomic E-state index is 0.0883. The molecule has 0 spiro atoms. The number of imidazole rings is 1. The van der Waals surface area contributed by atoms with E-state index in [0.29, 0.717) is 33.7 Å². The number of nitrogens with one attached hydrogen (secondary N) is 2. The number of anilines is 2. The third-order valence-electron chi connectivity index (χ3n) is 8.52. The quantitative estimate of drug-likeness (QED) is 0.286. The second kappa shape index (κ2) is 10.1. The second-order valence-electron chi connectivity index (χ2n) is 11.4. The maximum absolute atomic E-state index is 13.3. The largest absolute Gasteiger partial charge is 0.340 e. The Labute approximate surface area is 240 Å². The number of hydrogen-bond donors (Lipinski definition) is 2. The van der Waals surface area contributed by atoms with E-state index in [0.717, 1.165) is 55.7 Å². The number of fused-ring (bicyclic) bond motifs is 1. The van der Waals surface area contributed by atoms with E-state index < -0.39 is 11.8 Å². The zero-order chi connectivity index (χ0) is 28.3. The Morgan fingerprint density at radius 2 is 2.00 bits per heavy atom. The van der Waals surface area contributed by atoms with Crippen molar-refractivity contribution < 1.29 is 13.6 Å². The zero-order valence-corrected chi connectivity index (χ0v) is 23.4. The summed E-state index contributed by atoms with van der Waals surface area (Å²) in [5.74, 6) is -1.48. The molecule has 0 radical (unpaired) electrons. The highest BCUT2D eigenvalue weighted by atomic mass is 35.5. The average Bonchev–Trinajstić information content (AvgIpc) is 3.80. The molecule has 2 atom stereocenters. The molecule has 4 heterocycles. The first-order chi connectivity index (χ1) is 19.7. The highest BCUT2D eigenvalue weighted by Crippen LogP contribution is 2.49. The number of alkyl halides is 2. The van der Waals surface area contributed by atoms with E-state index in [1.165, 1.54) is 0 Å². The predicted octanol–water partition coefficient (Wildman–Crippen LogP) is 5.49. The van der Waals surface area contributed by atoms with Gasteiger partial charge in [0.05, 0.1) is 22.3 Å². The van der Waals surface area contributed by atoms with Crippen molar-refractivity contribution >= 4 is 40.3 Å². The number of nitrogens with zero attached hydrogens (tertiary/aromatic N) is 6. The maximum atomic E-state index is 13.3. The molecule has 214 valence electrons. The molecule has 7 rings (SSSR count). The predicted molar refractivity (Wildman–Crippen MR) is 152 cm³/mol. The molecule has 12 heteroatoms. The molecule has 3 aromatic heterocycles. The number of rotatable bonds is 8. The molecule has 2 unspecified atom stereocenters. The van der Waals surface area contributed by atoms with Crippen LogP contribution >= 0.6 is 11.6 Å². The molecule has 3 aliphatic rings. The van der Waals surface area contributed by atoms with Gasteiger partial charge in [0, 0.05) is 80.5 Å². The van der Waals surface area contributed by atoms with E-state index in [-0.39, 0.29) is 24.9 Å². The molecule has 1 saturated heterocycles. The number of amides is 1. The monoisotopic (exact) mass is 580 g/mol. The maximum Gasteiger partial charge on any atom is 0.253 e. The van der Waals surface area contributed by atoms with Crippen LogP contribution in [0.4, 0.5) is 20.5 Å². The van der Waals surface area contributed by atoms with Crippen LogP contribution in [0.2, 0.25) is 5.02 Å². The van der Waals surface area contributed by atoms with Crippen LogP contribution in [-0.4, -0.2) is 72.5 Å². The number of aromatic amines is 1. The SMILES string of the molecule is CC(c1ccnc(Nc2nc3ccc(-c4cnn(CC5CC5(F)F)c4)c(Cl)c3[nH]2)c1)N1CCN(C(=O)C2CC2)CC1. The van der Waals surface area contributed by atoms with Gasteiger partial charge in [-0.15, -0.1) is 0 Å². The fourth-order valence-corrected chi connectivity index (χ4v) is 5.96. The standard InChI is InChI=1S/C29H31ClF2N8O/c1-17(38-8-10-39(11-9-38)27(41)18-2-3-18)19-6-7-33-24(12-19)36-28-35-23-5-4-22(25(30)26(23)37-28)20-14-34-40(15-20)16-21-13-29(21,31)32/h4-7,12,14-15,17-18,21H,2-3,8-11,13,16H2,1H3,(H2,33,35,36,37). The number of carbonyl (C=O) groups excluding carboxylic acids is 1. The number of pyridine rings is 1. The Hall–Kier alpha value is -3.57. The first-order valence-corrected chi connectivity index (χ1v) is 14.5. The Kier molecular flexibility index (Phi) is 6.46. The van der Waals surface area contributed by atoms with Gasteiger partial charge in [-0.3, -0.25) is 14.4 Å². The van der Waals surface area contributed by atoms with Gasteiger partial charge in [-0.2, -0.15) is 5.10 Å². The van der Waals surface area contributed by atoms with Crippen LogP contribution in [0.25, 0.3) is 22.2 Å². The first-order valence-electron chi connectivity index (χ1n) is 14.1. The summed E-state index contributed by atoms with van der Waals surface area (Å²) in [4.78, 5) is 29.2. The summed E-state index contributed by atoms with van der Waals surface area (Å²) in [5, 5.41) is 8.00. The number of hydrogen-bond acceptors (Lipinski definition) is 6. The van der Waals surface area contributed by atoms with Gasteiger partial charge in [0.15, 0.2) is 0 Å². The van der Waals surface area contributed by atoms with Crippen LogP contribution in [0.1, 0.15) is 37.8 Å². The lowest BCUT2D eigenvalue weighted by molar-refractivity contribution is -0.134. The van der Waals surface area contributed by atoms with Crippen molar-refractivity contribution in [3.8, 4) is 11.1 Å². The summed E-state index contributed by atoms with van der Waals surface area (Å²) in [7, 11) is 0. The summed E-state index contributed by atoms with van der Waals surface area (Å²) in [5.41, 5.74) is 3.98. The molecule has 1 aromatic carbocycles. The fourth-order valence-electron chi connectivity index (χ4n) is 5.65. The van der Waals surface area contributed by atoms with Crippen LogP contribution in [-0.2, 0) is 11.3 Å². The summed E-state index contributed by atoms with van der Waals surface area (Å²) >= 11 is 6.77. The van der Waals surface area contributed by atoms with Gasteiger partial charge in [-0.25, -0.2) is 18.7 Å². The smallest absolute Gasteiger partial charge is 0.253 e. The van der Waals surface area contributed by atoms with Crippen LogP contribution < -0.4 is 5.32 Å². The lowest BCUT2D eigenvalue weighted by atomic mass is 10.1. The Balaban J connectivity index is 1.03.